The number of hydrogen-bond donors (Lipinski definition) is 0. The summed E-state index contributed by atoms with van der Waals surface area (Å²) in [6, 6.07) is 15.3. The Morgan fingerprint density at radius 2 is 1.89 bits per heavy atom. The number of nitrogens with zero attached hydrogens (tertiary/aromatic N) is 2. The van der Waals surface area contributed by atoms with Crippen molar-refractivity contribution < 1.29 is 18.7 Å². The summed E-state index contributed by atoms with van der Waals surface area (Å²) in [7, 11) is 0. The van der Waals surface area contributed by atoms with Gasteiger partial charge in [-0.15, -0.1) is 11.3 Å². The molecule has 0 spiro atoms. The van der Waals surface area contributed by atoms with Crippen LogP contribution < -0.4 is 4.74 Å². The average Bonchev–Trinajstić information content (AvgIpc) is 3.55. The molecule has 1 fully saturated rings. The Morgan fingerprint density at radius 3 is 2.63 bits per heavy atom. The van der Waals surface area contributed by atoms with Gasteiger partial charge in [-0.3, -0.25) is 9.59 Å². The molecule has 0 N–H and O–H groups in total. The maximum absolute atomic E-state index is 13.7. The number of hydrogen-bond acceptors (Lipinski definition) is 4. The normalized spacial score (nSPS) is 17.1. The number of ether oxygens (including phenoxy) is 1. The predicted octanol–water partition coefficient (Wildman–Crippen LogP) is 5.25. The van der Waals surface area contributed by atoms with Crippen LogP contribution in [0.5, 0.6) is 5.75 Å². The Morgan fingerprint density at radius 1 is 1.11 bits per heavy atom. The van der Waals surface area contributed by atoms with Crippen molar-refractivity contribution in [2.24, 2.45) is 5.92 Å². The predicted molar refractivity (Wildman–Crippen MR) is 134 cm³/mol. The first kappa shape index (κ1) is 23.5. The van der Waals surface area contributed by atoms with Crippen molar-refractivity contribution in [1.82, 2.24) is 9.80 Å². The molecule has 2 heterocycles. The fraction of sp³-hybridized carbons (Fsp3) is 0.357. The Kier molecular flexibility index (Phi) is 6.86. The van der Waals surface area contributed by atoms with E-state index in [9.17, 15) is 14.0 Å². The third kappa shape index (κ3) is 5.40. The second kappa shape index (κ2) is 10.2. The first-order chi connectivity index (χ1) is 17.0. The summed E-state index contributed by atoms with van der Waals surface area (Å²) in [4.78, 5) is 31.9. The van der Waals surface area contributed by atoms with Gasteiger partial charge < -0.3 is 14.5 Å². The van der Waals surface area contributed by atoms with Crippen LogP contribution in [0.3, 0.4) is 0 Å². The monoisotopic (exact) mass is 492 g/mol. The smallest absolute Gasteiger partial charge is 0.254 e. The second-order valence-corrected chi connectivity index (χ2v) is 10.4. The van der Waals surface area contributed by atoms with E-state index in [1.807, 2.05) is 41.5 Å². The van der Waals surface area contributed by atoms with Crippen LogP contribution in [0.4, 0.5) is 4.39 Å². The number of benzene rings is 2. The van der Waals surface area contributed by atoms with E-state index in [4.69, 9.17) is 4.74 Å². The minimum absolute atomic E-state index is 0.0518. The molecule has 0 radical (unpaired) electrons. The van der Waals surface area contributed by atoms with Crippen LogP contribution in [0.1, 0.15) is 45.2 Å². The Labute approximate surface area is 209 Å². The zero-order valence-corrected chi connectivity index (χ0v) is 20.6. The van der Waals surface area contributed by atoms with Crippen LogP contribution in [0.2, 0.25) is 0 Å². The lowest BCUT2D eigenvalue weighted by Gasteiger charge is -2.37. The zero-order chi connectivity index (χ0) is 24.4. The van der Waals surface area contributed by atoms with Crippen molar-refractivity contribution in [2.75, 3.05) is 26.2 Å². The molecule has 2 aliphatic rings. The number of rotatable bonds is 8. The van der Waals surface area contributed by atoms with Crippen molar-refractivity contribution in [3.8, 4) is 5.75 Å². The van der Waals surface area contributed by atoms with E-state index in [0.717, 1.165) is 30.4 Å². The highest BCUT2D eigenvalue weighted by molar-refractivity contribution is 7.10. The van der Waals surface area contributed by atoms with E-state index in [-0.39, 0.29) is 36.8 Å². The van der Waals surface area contributed by atoms with E-state index in [1.54, 1.807) is 28.4 Å². The summed E-state index contributed by atoms with van der Waals surface area (Å²) < 4.78 is 19.3. The minimum Gasteiger partial charge on any atom is -0.491 e. The maximum atomic E-state index is 13.7. The summed E-state index contributed by atoms with van der Waals surface area (Å²) >= 11 is 1.69. The quantitative estimate of drug-likeness (QED) is 0.431. The van der Waals surface area contributed by atoms with Gasteiger partial charge in [0.05, 0.1) is 6.04 Å². The molecule has 1 aromatic heterocycles. The van der Waals surface area contributed by atoms with E-state index in [1.165, 1.54) is 17.0 Å². The molecular weight excluding hydrogens is 463 g/mol. The highest BCUT2D eigenvalue weighted by atomic mass is 32.1. The highest BCUT2D eigenvalue weighted by Gasteiger charge is 2.35. The molecule has 0 saturated heterocycles. The number of thiophene rings is 1. The van der Waals surface area contributed by atoms with Crippen molar-refractivity contribution in [3.05, 3.63) is 87.4 Å². The van der Waals surface area contributed by atoms with Gasteiger partial charge in [0.15, 0.2) is 0 Å². The molecule has 2 amide bonds. The number of aryl methyl sites for hydroxylation is 1. The van der Waals surface area contributed by atoms with Crippen LogP contribution >= 0.6 is 11.3 Å². The van der Waals surface area contributed by atoms with Gasteiger partial charge >= 0.3 is 0 Å². The van der Waals surface area contributed by atoms with Gasteiger partial charge in [-0.25, -0.2) is 4.39 Å². The fourth-order valence-corrected chi connectivity index (χ4v) is 5.58. The molecule has 1 unspecified atom stereocenters. The standard InChI is InChI=1S/C28H29FN2O3S/c1-19-4-2-3-5-23(19)28(33)30(16-20-6-7-20)17-27(32)31-14-12-26-24(13-15-35-26)25(31)18-34-22-10-8-21(29)9-11-22/h2-5,8-11,13,15,20,25H,6-7,12,14,16-18H2,1H3. The molecular formula is C28H29FN2O3S. The molecule has 182 valence electrons. The molecule has 1 saturated carbocycles. The summed E-state index contributed by atoms with van der Waals surface area (Å²) in [5, 5.41) is 2.05. The third-order valence-electron chi connectivity index (χ3n) is 6.80. The van der Waals surface area contributed by atoms with Crippen LogP contribution in [0.25, 0.3) is 0 Å². The van der Waals surface area contributed by atoms with Gasteiger partial charge in [-0.1, -0.05) is 18.2 Å². The molecule has 3 aromatic rings. The third-order valence-corrected chi connectivity index (χ3v) is 7.80. The fourth-order valence-electron chi connectivity index (χ4n) is 4.65. The molecule has 0 bridgehead atoms. The van der Waals surface area contributed by atoms with Gasteiger partial charge in [0, 0.05) is 23.5 Å². The van der Waals surface area contributed by atoms with Crippen molar-refractivity contribution >= 4 is 23.2 Å². The Balaban J connectivity index is 1.34. The molecule has 2 aromatic carbocycles. The van der Waals surface area contributed by atoms with Crippen molar-refractivity contribution in [2.45, 2.75) is 32.2 Å². The van der Waals surface area contributed by atoms with E-state index >= 15 is 0 Å². The SMILES string of the molecule is Cc1ccccc1C(=O)N(CC(=O)N1CCc2sccc2C1COc1ccc(F)cc1)CC1CC1. The lowest BCUT2D eigenvalue weighted by molar-refractivity contribution is -0.135. The average molecular weight is 493 g/mol. The Bertz CT molecular complexity index is 1200. The summed E-state index contributed by atoms with van der Waals surface area (Å²) in [6.45, 7) is 3.44. The minimum atomic E-state index is -0.319. The first-order valence-electron chi connectivity index (χ1n) is 12.1. The molecule has 7 heteroatoms. The number of amides is 2. The molecule has 35 heavy (non-hydrogen) atoms. The van der Waals surface area contributed by atoms with Crippen molar-refractivity contribution in [3.63, 3.8) is 0 Å². The van der Waals surface area contributed by atoms with Crippen LogP contribution in [-0.2, 0) is 11.2 Å². The van der Waals surface area contributed by atoms with E-state index < -0.39 is 0 Å². The maximum Gasteiger partial charge on any atom is 0.254 e. The lowest BCUT2D eigenvalue weighted by Crippen LogP contribution is -2.48. The summed E-state index contributed by atoms with van der Waals surface area (Å²) in [5.74, 6) is 0.554. The van der Waals surface area contributed by atoms with Crippen molar-refractivity contribution in [1.29, 1.82) is 0 Å². The van der Waals surface area contributed by atoms with Gasteiger partial charge in [0.2, 0.25) is 5.91 Å². The van der Waals surface area contributed by atoms with Gasteiger partial charge in [0.1, 0.15) is 24.7 Å². The van der Waals surface area contributed by atoms with Gasteiger partial charge in [-0.05, 0) is 85.0 Å². The molecule has 1 aliphatic heterocycles. The summed E-state index contributed by atoms with van der Waals surface area (Å²) in [5.41, 5.74) is 2.66. The van der Waals surface area contributed by atoms with Gasteiger partial charge in [-0.2, -0.15) is 0 Å². The number of halogens is 1. The van der Waals surface area contributed by atoms with Crippen LogP contribution in [-0.4, -0.2) is 47.9 Å². The van der Waals surface area contributed by atoms with Crippen LogP contribution in [0.15, 0.2) is 60.0 Å². The molecule has 1 atom stereocenters. The number of carbonyl (C=O) groups excluding carboxylic acids is 2. The molecule has 5 rings (SSSR count). The summed E-state index contributed by atoms with van der Waals surface area (Å²) in [6.07, 6.45) is 2.99. The highest BCUT2D eigenvalue weighted by Crippen LogP contribution is 2.35. The topological polar surface area (TPSA) is 49.9 Å². The van der Waals surface area contributed by atoms with Gasteiger partial charge in [0.25, 0.3) is 5.91 Å². The molecule has 5 nitrogen and oxygen atoms in total. The second-order valence-electron chi connectivity index (χ2n) is 9.36. The van der Waals surface area contributed by atoms with Crippen LogP contribution in [0, 0.1) is 18.7 Å². The number of carbonyl (C=O) groups is 2. The zero-order valence-electron chi connectivity index (χ0n) is 19.8. The Hall–Kier alpha value is -3.19. The number of fused-ring (bicyclic) bond motifs is 1. The van der Waals surface area contributed by atoms with E-state index in [0.29, 0.717) is 30.3 Å². The largest absolute Gasteiger partial charge is 0.491 e. The first-order valence-corrected chi connectivity index (χ1v) is 13.0. The van der Waals surface area contributed by atoms with E-state index in [2.05, 4.69) is 6.07 Å². The lowest BCUT2D eigenvalue weighted by atomic mass is 10.00. The molecule has 1 aliphatic carbocycles.